The molecule has 1 amide bonds. The summed E-state index contributed by atoms with van der Waals surface area (Å²) < 4.78 is 0. The smallest absolute Gasteiger partial charge is 0.225 e. The molecule has 0 radical (unpaired) electrons. The highest BCUT2D eigenvalue weighted by atomic mass is 16.3. The minimum atomic E-state index is 0.150. The van der Waals surface area contributed by atoms with Crippen molar-refractivity contribution in [3.63, 3.8) is 0 Å². The molecule has 0 bridgehead atoms. The van der Waals surface area contributed by atoms with Gasteiger partial charge in [-0.25, -0.2) is 0 Å². The van der Waals surface area contributed by atoms with Crippen molar-refractivity contribution in [1.29, 1.82) is 0 Å². The van der Waals surface area contributed by atoms with Crippen molar-refractivity contribution < 1.29 is 9.90 Å². The number of carbonyl (C=O) groups is 1. The topological polar surface area (TPSA) is 52.6 Å². The Morgan fingerprint density at radius 3 is 2.38 bits per heavy atom. The normalized spacial score (nSPS) is 21.9. The summed E-state index contributed by atoms with van der Waals surface area (Å²) in [7, 11) is 0. The van der Waals surface area contributed by atoms with Crippen LogP contribution in [0, 0.1) is 11.8 Å². The van der Waals surface area contributed by atoms with Gasteiger partial charge in [0, 0.05) is 19.0 Å². The van der Waals surface area contributed by atoms with E-state index in [1.807, 2.05) is 17.0 Å². The van der Waals surface area contributed by atoms with E-state index in [4.69, 9.17) is 0 Å². The van der Waals surface area contributed by atoms with E-state index in [1.54, 1.807) is 12.1 Å². The van der Waals surface area contributed by atoms with Gasteiger partial charge in [-0.05, 0) is 55.5 Å². The molecule has 2 aliphatic rings. The van der Waals surface area contributed by atoms with Crippen molar-refractivity contribution in [2.75, 3.05) is 26.2 Å². The highest BCUT2D eigenvalue weighted by Crippen LogP contribution is 2.30. The minimum absolute atomic E-state index is 0.150. The average molecular weight is 288 g/mol. The van der Waals surface area contributed by atoms with E-state index in [-0.39, 0.29) is 5.92 Å². The number of rotatable bonds is 3. The van der Waals surface area contributed by atoms with Crippen LogP contribution in [0.4, 0.5) is 0 Å². The zero-order chi connectivity index (χ0) is 14.8. The van der Waals surface area contributed by atoms with Crippen molar-refractivity contribution in [1.82, 2.24) is 10.2 Å². The van der Waals surface area contributed by atoms with E-state index >= 15 is 0 Å². The molecular formula is C17H24N2O2. The minimum Gasteiger partial charge on any atom is -0.508 e. The number of amides is 1. The van der Waals surface area contributed by atoms with E-state index < -0.39 is 0 Å². The second-order valence-electron chi connectivity index (χ2n) is 6.40. The molecule has 2 N–H and O–H groups in total. The predicted molar refractivity (Wildman–Crippen MR) is 82.2 cm³/mol. The lowest BCUT2D eigenvalue weighted by Crippen LogP contribution is -2.51. The van der Waals surface area contributed by atoms with Crippen molar-refractivity contribution in [3.8, 4) is 5.75 Å². The first-order chi connectivity index (χ1) is 10.1. The molecular weight excluding hydrogens is 264 g/mol. The van der Waals surface area contributed by atoms with Gasteiger partial charge in [-0.15, -0.1) is 0 Å². The third kappa shape index (κ3) is 3.05. The van der Waals surface area contributed by atoms with E-state index in [0.717, 1.165) is 39.0 Å². The fraction of sp³-hybridized carbons (Fsp3) is 0.588. The largest absolute Gasteiger partial charge is 0.508 e. The van der Waals surface area contributed by atoms with Crippen LogP contribution < -0.4 is 5.32 Å². The number of hydrogen-bond donors (Lipinski definition) is 2. The average Bonchev–Trinajstić information content (AvgIpc) is 2.46. The van der Waals surface area contributed by atoms with E-state index in [1.165, 1.54) is 5.56 Å². The van der Waals surface area contributed by atoms with Gasteiger partial charge in [-0.1, -0.05) is 19.1 Å². The summed E-state index contributed by atoms with van der Waals surface area (Å²) in [6.07, 6.45) is 2.04. The SMILES string of the molecule is CC(C(=O)N1CCC(c2ccc(O)cc2)CC1)C1CNC1. The molecule has 114 valence electrons. The van der Waals surface area contributed by atoms with Gasteiger partial charge in [0.05, 0.1) is 0 Å². The Balaban J connectivity index is 1.54. The monoisotopic (exact) mass is 288 g/mol. The van der Waals surface area contributed by atoms with Crippen LogP contribution in [-0.2, 0) is 4.79 Å². The maximum Gasteiger partial charge on any atom is 0.225 e. The summed E-state index contributed by atoms with van der Waals surface area (Å²) in [4.78, 5) is 14.5. The molecule has 4 nitrogen and oxygen atoms in total. The molecule has 21 heavy (non-hydrogen) atoms. The zero-order valence-corrected chi connectivity index (χ0v) is 12.6. The van der Waals surface area contributed by atoms with Crippen molar-refractivity contribution in [2.45, 2.75) is 25.7 Å². The third-order valence-electron chi connectivity index (χ3n) is 5.08. The highest BCUT2D eigenvalue weighted by molar-refractivity contribution is 5.79. The zero-order valence-electron chi connectivity index (χ0n) is 12.6. The molecule has 2 fully saturated rings. The van der Waals surface area contributed by atoms with Crippen LogP contribution in [0.25, 0.3) is 0 Å². The maximum absolute atomic E-state index is 12.5. The second-order valence-corrected chi connectivity index (χ2v) is 6.40. The lowest BCUT2D eigenvalue weighted by atomic mass is 9.85. The molecule has 2 saturated heterocycles. The number of nitrogens with one attached hydrogen (secondary N) is 1. The molecule has 0 spiro atoms. The third-order valence-corrected chi connectivity index (χ3v) is 5.08. The number of aromatic hydroxyl groups is 1. The maximum atomic E-state index is 12.5. The van der Waals surface area contributed by atoms with Crippen LogP contribution in [0.1, 0.15) is 31.2 Å². The number of piperidine rings is 1. The van der Waals surface area contributed by atoms with Crippen LogP contribution >= 0.6 is 0 Å². The van der Waals surface area contributed by atoms with Gasteiger partial charge in [0.1, 0.15) is 5.75 Å². The van der Waals surface area contributed by atoms with Gasteiger partial charge in [0.15, 0.2) is 0 Å². The molecule has 3 rings (SSSR count). The quantitative estimate of drug-likeness (QED) is 0.894. The van der Waals surface area contributed by atoms with Gasteiger partial charge < -0.3 is 15.3 Å². The summed E-state index contributed by atoms with van der Waals surface area (Å²) in [5.74, 6) is 1.82. The molecule has 0 aliphatic carbocycles. The van der Waals surface area contributed by atoms with Crippen LogP contribution in [0.15, 0.2) is 24.3 Å². The molecule has 1 aromatic carbocycles. The number of phenols is 1. The highest BCUT2D eigenvalue weighted by Gasteiger charge is 2.33. The lowest BCUT2D eigenvalue weighted by Gasteiger charge is -2.38. The Bertz CT molecular complexity index is 488. The van der Waals surface area contributed by atoms with E-state index in [2.05, 4.69) is 12.2 Å². The van der Waals surface area contributed by atoms with Gasteiger partial charge in [-0.2, -0.15) is 0 Å². The Morgan fingerprint density at radius 1 is 1.24 bits per heavy atom. The van der Waals surface area contributed by atoms with Gasteiger partial charge >= 0.3 is 0 Å². The Kier molecular flexibility index (Phi) is 4.15. The fourth-order valence-electron chi connectivity index (χ4n) is 3.33. The van der Waals surface area contributed by atoms with Gasteiger partial charge in [0.2, 0.25) is 5.91 Å². The molecule has 1 atom stereocenters. The molecule has 2 heterocycles. The number of carbonyl (C=O) groups excluding carboxylic acids is 1. The number of phenolic OH excluding ortho intramolecular Hbond substituents is 1. The van der Waals surface area contributed by atoms with Crippen LogP contribution in [-0.4, -0.2) is 42.1 Å². The first-order valence-corrected chi connectivity index (χ1v) is 7.93. The van der Waals surface area contributed by atoms with E-state index in [0.29, 0.717) is 23.5 Å². The van der Waals surface area contributed by atoms with E-state index in [9.17, 15) is 9.90 Å². The number of nitrogens with zero attached hydrogens (tertiary/aromatic N) is 1. The van der Waals surface area contributed by atoms with Crippen molar-refractivity contribution in [2.24, 2.45) is 11.8 Å². The number of likely N-dealkylation sites (tertiary alicyclic amines) is 1. The molecule has 2 aliphatic heterocycles. The summed E-state index contributed by atoms with van der Waals surface area (Å²) in [5.41, 5.74) is 1.27. The number of benzene rings is 1. The van der Waals surface area contributed by atoms with Crippen LogP contribution in [0.2, 0.25) is 0 Å². The number of hydrogen-bond acceptors (Lipinski definition) is 3. The standard InChI is InChI=1S/C17H24N2O2/c1-12(15-10-18-11-15)17(21)19-8-6-14(7-9-19)13-2-4-16(20)5-3-13/h2-5,12,14-15,18,20H,6-11H2,1H3. The summed E-state index contributed by atoms with van der Waals surface area (Å²) >= 11 is 0. The van der Waals surface area contributed by atoms with Gasteiger partial charge in [0.25, 0.3) is 0 Å². The Morgan fingerprint density at radius 2 is 1.86 bits per heavy atom. The molecule has 1 aromatic rings. The Hall–Kier alpha value is -1.55. The Labute approximate surface area is 126 Å². The van der Waals surface area contributed by atoms with Crippen molar-refractivity contribution in [3.05, 3.63) is 29.8 Å². The van der Waals surface area contributed by atoms with Gasteiger partial charge in [-0.3, -0.25) is 4.79 Å². The molecule has 0 aromatic heterocycles. The first-order valence-electron chi connectivity index (χ1n) is 7.93. The fourth-order valence-corrected chi connectivity index (χ4v) is 3.33. The molecule has 4 heteroatoms. The molecule has 0 saturated carbocycles. The summed E-state index contributed by atoms with van der Waals surface area (Å²) in [6, 6.07) is 7.50. The van der Waals surface area contributed by atoms with Crippen molar-refractivity contribution >= 4 is 5.91 Å². The molecule has 1 unspecified atom stereocenters. The predicted octanol–water partition coefficient (Wildman–Crippen LogP) is 1.95. The second kappa shape index (κ2) is 6.06. The lowest BCUT2D eigenvalue weighted by molar-refractivity contribution is -0.138. The van der Waals surface area contributed by atoms with Crippen LogP contribution in [0.5, 0.6) is 5.75 Å². The summed E-state index contributed by atoms with van der Waals surface area (Å²) in [6.45, 7) is 5.75. The van der Waals surface area contributed by atoms with Crippen LogP contribution in [0.3, 0.4) is 0 Å². The first kappa shape index (κ1) is 14.4. The summed E-state index contributed by atoms with van der Waals surface area (Å²) in [5, 5.41) is 12.6.